The fourth-order valence-electron chi connectivity index (χ4n) is 4.27. The van der Waals surface area contributed by atoms with Gasteiger partial charge in [0.05, 0.1) is 0 Å². The Balaban J connectivity index is 1.49. The van der Waals surface area contributed by atoms with Gasteiger partial charge < -0.3 is 14.8 Å². The molecule has 0 saturated carbocycles. The van der Waals surface area contributed by atoms with E-state index in [0.717, 1.165) is 22.3 Å². The second kappa shape index (κ2) is 10.6. The van der Waals surface area contributed by atoms with Crippen molar-refractivity contribution in [3.8, 4) is 16.9 Å². The van der Waals surface area contributed by atoms with E-state index in [9.17, 15) is 31.5 Å². The molecule has 0 bridgehead atoms. The topological polar surface area (TPSA) is 64.6 Å². The number of nitrogens with one attached hydrogen (secondary N) is 1. The van der Waals surface area contributed by atoms with Gasteiger partial charge in [-0.05, 0) is 28.2 Å². The van der Waals surface area contributed by atoms with Gasteiger partial charge in [-0.15, -0.1) is 0 Å². The molecule has 0 fully saturated rings. The zero-order valence-corrected chi connectivity index (χ0v) is 19.8. The highest BCUT2D eigenvalue weighted by Crippen LogP contribution is 2.44. The molecule has 1 amide bonds. The second-order valence-corrected chi connectivity index (χ2v) is 8.65. The van der Waals surface area contributed by atoms with Crippen LogP contribution >= 0.6 is 0 Å². The van der Waals surface area contributed by atoms with Crippen molar-refractivity contribution in [1.29, 1.82) is 0 Å². The number of benzene rings is 3. The molecule has 37 heavy (non-hydrogen) atoms. The van der Waals surface area contributed by atoms with Crippen LogP contribution in [-0.4, -0.2) is 24.7 Å². The zero-order valence-electron chi connectivity index (χ0n) is 19.8. The molecule has 1 aliphatic rings. The first kappa shape index (κ1) is 26.1. The molecule has 0 spiro atoms. The summed E-state index contributed by atoms with van der Waals surface area (Å²) < 4.78 is 78.2. The monoisotopic (exact) mass is 519 g/mol. The summed E-state index contributed by atoms with van der Waals surface area (Å²) in [5.74, 6) is -15.5. The quantitative estimate of drug-likeness (QED) is 0.132. The summed E-state index contributed by atoms with van der Waals surface area (Å²) in [5, 5.41) is 2.30. The molecule has 0 heterocycles. The lowest BCUT2D eigenvalue weighted by Gasteiger charge is -2.23. The van der Waals surface area contributed by atoms with Crippen molar-refractivity contribution in [2.24, 2.45) is 5.92 Å². The maximum Gasteiger partial charge on any atom is 0.407 e. The highest BCUT2D eigenvalue weighted by molar-refractivity contribution is 5.83. The predicted octanol–water partition coefficient (Wildman–Crippen LogP) is 6.24. The molecule has 3 aromatic rings. The first-order valence-electron chi connectivity index (χ1n) is 11.5. The summed E-state index contributed by atoms with van der Waals surface area (Å²) in [7, 11) is 0. The van der Waals surface area contributed by atoms with E-state index in [4.69, 9.17) is 4.74 Å². The Hall–Kier alpha value is -3.95. The number of hydrogen-bond donors (Lipinski definition) is 1. The van der Waals surface area contributed by atoms with Gasteiger partial charge in [0, 0.05) is 5.92 Å². The summed E-state index contributed by atoms with van der Waals surface area (Å²) in [4.78, 5) is 25.3. The first-order valence-corrected chi connectivity index (χ1v) is 11.5. The zero-order chi connectivity index (χ0) is 26.9. The van der Waals surface area contributed by atoms with E-state index in [1.165, 1.54) is 6.92 Å². The van der Waals surface area contributed by atoms with Crippen LogP contribution in [0, 0.1) is 35.0 Å². The smallest absolute Gasteiger partial charge is 0.407 e. The number of carbonyl (C=O) groups is 2. The number of halogens is 5. The molecular formula is C27H22F5NO4. The molecule has 4 rings (SSSR count). The first-order chi connectivity index (χ1) is 17.6. The Kier molecular flexibility index (Phi) is 7.47. The number of alkyl carbamates (subject to hydrolysis) is 1. The number of ether oxygens (including phenoxy) is 2. The lowest BCUT2D eigenvalue weighted by molar-refractivity contribution is -0.138. The van der Waals surface area contributed by atoms with E-state index in [2.05, 4.69) is 10.1 Å². The van der Waals surface area contributed by atoms with Gasteiger partial charge in [0.15, 0.2) is 0 Å². The Bertz CT molecular complexity index is 1290. The fourth-order valence-corrected chi connectivity index (χ4v) is 4.27. The van der Waals surface area contributed by atoms with Crippen molar-refractivity contribution in [3.05, 3.63) is 88.7 Å². The van der Waals surface area contributed by atoms with Crippen molar-refractivity contribution in [1.82, 2.24) is 5.32 Å². The van der Waals surface area contributed by atoms with Crippen molar-refractivity contribution < 1.29 is 41.0 Å². The fraction of sp³-hybridized carbons (Fsp3) is 0.259. The molecule has 3 aromatic carbocycles. The molecule has 1 aliphatic carbocycles. The third-order valence-corrected chi connectivity index (χ3v) is 6.46. The van der Waals surface area contributed by atoms with Gasteiger partial charge in [0.2, 0.25) is 34.8 Å². The highest BCUT2D eigenvalue weighted by Gasteiger charge is 2.34. The number of esters is 1. The standard InChI is InChI=1S/C27H22F5NO4/c1-3-13(2)24(26(34)37-25-22(31)20(29)19(28)21(30)23(25)32)33-27(35)36-12-18-16-10-6-4-8-14(16)15-9-5-7-11-17(15)18/h4-11,13,18,24H,3,12H2,1-2H3,(H,33,35)/t13-,24+/m1/s1. The minimum absolute atomic E-state index is 0.0697. The van der Waals surface area contributed by atoms with Gasteiger partial charge >= 0.3 is 12.1 Å². The summed E-state index contributed by atoms with van der Waals surface area (Å²) in [5.41, 5.74) is 3.94. The van der Waals surface area contributed by atoms with E-state index in [1.54, 1.807) is 6.92 Å². The summed E-state index contributed by atoms with van der Waals surface area (Å²) >= 11 is 0. The molecule has 0 unspecified atom stereocenters. The maximum absolute atomic E-state index is 14.0. The molecule has 10 heteroatoms. The lowest BCUT2D eigenvalue weighted by Crippen LogP contribution is -2.47. The van der Waals surface area contributed by atoms with Crippen LogP contribution in [-0.2, 0) is 9.53 Å². The average Bonchev–Trinajstić information content (AvgIpc) is 3.23. The molecule has 0 radical (unpaired) electrons. The van der Waals surface area contributed by atoms with Crippen LogP contribution in [0.3, 0.4) is 0 Å². The van der Waals surface area contributed by atoms with Gasteiger partial charge in [-0.3, -0.25) is 0 Å². The molecule has 0 aromatic heterocycles. The van der Waals surface area contributed by atoms with Crippen LogP contribution < -0.4 is 10.1 Å². The van der Waals surface area contributed by atoms with Crippen LogP contribution in [0.2, 0.25) is 0 Å². The Morgan fingerprint density at radius 1 is 0.838 bits per heavy atom. The largest absolute Gasteiger partial charge is 0.449 e. The molecule has 1 N–H and O–H groups in total. The number of hydrogen-bond acceptors (Lipinski definition) is 4. The normalized spacial score (nSPS) is 13.9. The van der Waals surface area contributed by atoms with Gasteiger partial charge in [0.1, 0.15) is 12.6 Å². The molecule has 2 atom stereocenters. The SMILES string of the molecule is CC[C@@H](C)[C@H](NC(=O)OCC1c2ccccc2-c2ccccc21)C(=O)Oc1c(F)c(F)c(F)c(F)c1F. The highest BCUT2D eigenvalue weighted by atomic mass is 19.2. The van der Waals surface area contributed by atoms with E-state index in [-0.39, 0.29) is 12.5 Å². The summed E-state index contributed by atoms with van der Waals surface area (Å²) in [6, 6.07) is 13.8. The summed E-state index contributed by atoms with van der Waals surface area (Å²) in [6.07, 6.45) is -0.706. The van der Waals surface area contributed by atoms with Crippen molar-refractivity contribution in [2.45, 2.75) is 32.2 Å². The molecule has 194 valence electrons. The van der Waals surface area contributed by atoms with Gasteiger partial charge in [-0.25, -0.2) is 22.8 Å². The Morgan fingerprint density at radius 2 is 1.32 bits per heavy atom. The third kappa shape index (κ3) is 4.87. The minimum atomic E-state index is -2.38. The summed E-state index contributed by atoms with van der Waals surface area (Å²) in [6.45, 7) is 3.14. The van der Waals surface area contributed by atoms with E-state index in [0.29, 0.717) is 6.42 Å². The van der Waals surface area contributed by atoms with Crippen LogP contribution in [0.4, 0.5) is 26.7 Å². The Morgan fingerprint density at radius 3 is 1.84 bits per heavy atom. The van der Waals surface area contributed by atoms with Crippen LogP contribution in [0.25, 0.3) is 11.1 Å². The predicted molar refractivity (Wildman–Crippen MR) is 123 cm³/mol. The van der Waals surface area contributed by atoms with Crippen molar-refractivity contribution >= 4 is 12.1 Å². The minimum Gasteiger partial charge on any atom is -0.449 e. The van der Waals surface area contributed by atoms with Crippen LogP contribution in [0.15, 0.2) is 48.5 Å². The molecule has 0 saturated heterocycles. The number of rotatable bonds is 7. The van der Waals surface area contributed by atoms with E-state index in [1.807, 2.05) is 48.5 Å². The third-order valence-electron chi connectivity index (χ3n) is 6.46. The van der Waals surface area contributed by atoms with E-state index < -0.39 is 58.9 Å². The van der Waals surface area contributed by atoms with Gasteiger partial charge in [-0.1, -0.05) is 68.8 Å². The molecule has 0 aliphatic heterocycles. The van der Waals surface area contributed by atoms with Crippen LogP contribution in [0.1, 0.15) is 37.3 Å². The number of amides is 1. The average molecular weight is 519 g/mol. The van der Waals surface area contributed by atoms with Gasteiger partial charge in [-0.2, -0.15) is 8.78 Å². The number of carbonyl (C=O) groups excluding carboxylic acids is 2. The number of fused-ring (bicyclic) bond motifs is 3. The second-order valence-electron chi connectivity index (χ2n) is 8.65. The maximum atomic E-state index is 14.0. The van der Waals surface area contributed by atoms with E-state index >= 15 is 0 Å². The molecular weight excluding hydrogens is 497 g/mol. The van der Waals surface area contributed by atoms with Gasteiger partial charge in [0.25, 0.3) is 0 Å². The van der Waals surface area contributed by atoms with Crippen LogP contribution in [0.5, 0.6) is 5.75 Å². The Labute approximate surface area is 209 Å². The van der Waals surface area contributed by atoms with Crippen molar-refractivity contribution in [3.63, 3.8) is 0 Å². The lowest BCUT2D eigenvalue weighted by atomic mass is 9.98. The van der Waals surface area contributed by atoms with Crippen molar-refractivity contribution in [2.75, 3.05) is 6.61 Å². The molecule has 5 nitrogen and oxygen atoms in total.